The molecule has 1 aliphatic rings. The molecule has 10 heteroatoms. The van der Waals surface area contributed by atoms with Crippen LogP contribution in [-0.2, 0) is 4.79 Å². The van der Waals surface area contributed by atoms with Crippen LogP contribution >= 0.6 is 0 Å². The molecular weight excluding hydrogens is 442 g/mol. The quantitative estimate of drug-likeness (QED) is 0.504. The molecule has 0 unspecified atom stereocenters. The number of nitrogens with one attached hydrogen (secondary N) is 2. The van der Waals surface area contributed by atoms with E-state index in [1.54, 1.807) is 43.0 Å². The topological polar surface area (TPSA) is 117 Å². The van der Waals surface area contributed by atoms with Crippen molar-refractivity contribution in [3.8, 4) is 17.2 Å². The first kappa shape index (κ1) is 23.9. The maximum Gasteiger partial charge on any atom is 0.236 e. The van der Waals surface area contributed by atoms with Crippen molar-refractivity contribution in [2.45, 2.75) is 0 Å². The van der Waals surface area contributed by atoms with E-state index >= 15 is 0 Å². The number of nitrogens with zero attached hydrogens (tertiary/aromatic N) is 7. The van der Waals surface area contributed by atoms with Gasteiger partial charge in [-0.05, 0) is 18.2 Å². The zero-order valence-electron chi connectivity index (χ0n) is 20.2. The van der Waals surface area contributed by atoms with Crippen molar-refractivity contribution in [3.05, 3.63) is 54.1 Å². The number of rotatable bonds is 7. The Morgan fingerprint density at radius 1 is 1.26 bits per heavy atom. The fourth-order valence-electron chi connectivity index (χ4n) is 4.15. The number of amides is 1. The Bertz CT molecular complexity index is 1290. The van der Waals surface area contributed by atoms with E-state index in [1.807, 2.05) is 30.6 Å². The highest BCUT2D eigenvalue weighted by atomic mass is 16.2. The van der Waals surface area contributed by atoms with Gasteiger partial charge < -0.3 is 20.5 Å². The third-order valence-corrected chi connectivity index (χ3v) is 6.13. The van der Waals surface area contributed by atoms with Crippen molar-refractivity contribution in [1.29, 1.82) is 10.7 Å². The van der Waals surface area contributed by atoms with Gasteiger partial charge in [-0.2, -0.15) is 10.4 Å². The molecule has 1 saturated heterocycles. The largest absolute Gasteiger partial charge is 0.393 e. The summed E-state index contributed by atoms with van der Waals surface area (Å²) in [6.45, 7) is 3.64. The van der Waals surface area contributed by atoms with E-state index in [-0.39, 0.29) is 5.91 Å². The van der Waals surface area contributed by atoms with Gasteiger partial charge in [0.15, 0.2) is 0 Å². The number of likely N-dealkylation sites (N-methyl/N-ethyl adjacent to an activating group) is 1. The van der Waals surface area contributed by atoms with Crippen LogP contribution in [0.4, 0.5) is 5.82 Å². The van der Waals surface area contributed by atoms with Gasteiger partial charge in [0.1, 0.15) is 11.9 Å². The van der Waals surface area contributed by atoms with Crippen molar-refractivity contribution >= 4 is 29.0 Å². The fourth-order valence-corrected chi connectivity index (χ4v) is 4.15. The van der Waals surface area contributed by atoms with Crippen molar-refractivity contribution in [3.63, 3.8) is 0 Å². The number of hydrogen-bond acceptors (Lipinski definition) is 8. The molecule has 1 aliphatic heterocycles. The third-order valence-electron chi connectivity index (χ3n) is 6.13. The molecule has 1 amide bonds. The lowest BCUT2D eigenvalue weighted by Gasteiger charge is -2.35. The average Bonchev–Trinajstić information content (AvgIpc) is 3.30. The van der Waals surface area contributed by atoms with Crippen molar-refractivity contribution in [1.82, 2.24) is 29.7 Å². The number of hydrogen-bond donors (Lipinski definition) is 2. The van der Waals surface area contributed by atoms with Crippen LogP contribution in [0.3, 0.4) is 0 Å². The summed E-state index contributed by atoms with van der Waals surface area (Å²) >= 11 is 0. The summed E-state index contributed by atoms with van der Waals surface area (Å²) < 4.78 is 1.68. The lowest BCUT2D eigenvalue weighted by Crippen LogP contribution is -2.49. The second-order valence-corrected chi connectivity index (χ2v) is 8.59. The number of nitriles is 1. The SMILES string of the molecule is CN/C=C(\C=N)c1cc(-c2ccc(N3CCN(CC(=O)N(C)C)CC3)nc2)c2c(C#N)cnn2c1. The number of anilines is 1. The molecule has 10 nitrogen and oxygen atoms in total. The molecule has 0 atom stereocenters. The molecule has 4 rings (SSSR count). The minimum absolute atomic E-state index is 0.113. The monoisotopic (exact) mass is 471 g/mol. The second kappa shape index (κ2) is 10.4. The lowest BCUT2D eigenvalue weighted by atomic mass is 10.0. The Kier molecular flexibility index (Phi) is 7.08. The van der Waals surface area contributed by atoms with E-state index in [9.17, 15) is 10.1 Å². The van der Waals surface area contributed by atoms with Gasteiger partial charge in [-0.25, -0.2) is 9.50 Å². The van der Waals surface area contributed by atoms with Crippen LogP contribution in [0.2, 0.25) is 0 Å². The molecule has 3 aromatic heterocycles. The van der Waals surface area contributed by atoms with E-state index in [2.05, 4.69) is 26.3 Å². The summed E-state index contributed by atoms with van der Waals surface area (Å²) in [5, 5.41) is 24.7. The van der Waals surface area contributed by atoms with Gasteiger partial charge in [0.2, 0.25) is 5.91 Å². The molecule has 35 heavy (non-hydrogen) atoms. The van der Waals surface area contributed by atoms with Crippen LogP contribution in [0, 0.1) is 16.7 Å². The molecule has 0 aromatic carbocycles. The highest BCUT2D eigenvalue weighted by molar-refractivity contribution is 6.08. The molecule has 0 bridgehead atoms. The number of piperazine rings is 1. The summed E-state index contributed by atoms with van der Waals surface area (Å²) in [7, 11) is 5.34. The highest BCUT2D eigenvalue weighted by Crippen LogP contribution is 2.30. The first-order chi connectivity index (χ1) is 16.9. The molecule has 2 N–H and O–H groups in total. The van der Waals surface area contributed by atoms with Crippen molar-refractivity contribution in [2.75, 3.05) is 58.8 Å². The molecule has 0 aliphatic carbocycles. The zero-order chi connectivity index (χ0) is 24.9. The Labute approximate surface area is 204 Å². The molecule has 0 saturated carbocycles. The van der Waals surface area contributed by atoms with Crippen LogP contribution in [-0.4, -0.2) is 90.4 Å². The fraction of sp³-hybridized carbons (Fsp3) is 0.320. The summed E-state index contributed by atoms with van der Waals surface area (Å²) in [5.41, 5.74) is 4.37. The summed E-state index contributed by atoms with van der Waals surface area (Å²) in [5.74, 6) is 0.991. The number of pyridine rings is 2. The number of aromatic nitrogens is 3. The first-order valence-corrected chi connectivity index (χ1v) is 11.4. The van der Waals surface area contributed by atoms with Gasteiger partial charge in [0, 0.05) is 94.4 Å². The summed E-state index contributed by atoms with van der Waals surface area (Å²) in [6, 6.07) is 8.17. The number of allylic oxidation sites excluding steroid dienone is 1. The van der Waals surface area contributed by atoms with Crippen LogP contribution in [0.25, 0.3) is 22.2 Å². The summed E-state index contributed by atoms with van der Waals surface area (Å²) in [6.07, 6.45) is 8.21. The standard InChI is InChI=1S/C25H29N9O/c1-28-13-20(11-26)19-10-22(25-21(12-27)15-30-34(25)16-19)18-4-5-23(29-14-18)33-8-6-32(7-9-33)17-24(35)31(2)3/h4-5,10-11,13-16,26,28H,6-9,17H2,1-3H3/b20-13+,26-11?. The minimum atomic E-state index is 0.113. The van der Waals surface area contributed by atoms with Crippen molar-refractivity contribution < 1.29 is 4.79 Å². The predicted octanol–water partition coefficient (Wildman–Crippen LogP) is 1.69. The molecule has 180 valence electrons. The molecule has 0 spiro atoms. The molecule has 0 radical (unpaired) electrons. The number of fused-ring (bicyclic) bond motifs is 1. The Balaban J connectivity index is 1.60. The third kappa shape index (κ3) is 5.00. The van der Waals surface area contributed by atoms with E-state index < -0.39 is 0 Å². The molecule has 3 aromatic rings. The Morgan fingerprint density at radius 2 is 2.03 bits per heavy atom. The van der Waals surface area contributed by atoms with Gasteiger partial charge in [-0.15, -0.1) is 0 Å². The smallest absolute Gasteiger partial charge is 0.236 e. The molecule has 1 fully saturated rings. The van der Waals surface area contributed by atoms with Gasteiger partial charge in [-0.1, -0.05) is 0 Å². The van der Waals surface area contributed by atoms with Gasteiger partial charge >= 0.3 is 0 Å². The van der Waals surface area contributed by atoms with Gasteiger partial charge in [0.25, 0.3) is 0 Å². The maximum atomic E-state index is 12.0. The van der Waals surface area contributed by atoms with Crippen LogP contribution in [0.5, 0.6) is 0 Å². The number of carbonyl (C=O) groups excluding carboxylic acids is 1. The van der Waals surface area contributed by atoms with Crippen LogP contribution < -0.4 is 10.2 Å². The first-order valence-electron chi connectivity index (χ1n) is 11.4. The highest BCUT2D eigenvalue weighted by Gasteiger charge is 2.21. The predicted molar refractivity (Wildman–Crippen MR) is 136 cm³/mol. The number of carbonyl (C=O) groups is 1. The Morgan fingerprint density at radius 3 is 2.63 bits per heavy atom. The van der Waals surface area contributed by atoms with E-state index in [0.717, 1.165) is 48.7 Å². The second-order valence-electron chi connectivity index (χ2n) is 8.59. The maximum absolute atomic E-state index is 12.0. The minimum Gasteiger partial charge on any atom is -0.393 e. The van der Waals surface area contributed by atoms with Crippen LogP contribution in [0.1, 0.15) is 11.1 Å². The molecule has 4 heterocycles. The summed E-state index contributed by atoms with van der Waals surface area (Å²) in [4.78, 5) is 22.7. The normalized spacial score (nSPS) is 14.6. The van der Waals surface area contributed by atoms with Crippen molar-refractivity contribution in [2.24, 2.45) is 0 Å². The van der Waals surface area contributed by atoms with Gasteiger partial charge in [-0.3, -0.25) is 9.69 Å². The van der Waals surface area contributed by atoms with Crippen LogP contribution in [0.15, 0.2) is 43.0 Å². The average molecular weight is 472 g/mol. The van der Waals surface area contributed by atoms with E-state index in [1.165, 1.54) is 6.21 Å². The lowest BCUT2D eigenvalue weighted by molar-refractivity contribution is -0.129. The zero-order valence-corrected chi connectivity index (χ0v) is 20.2. The molecular formula is C25H29N9O. The van der Waals surface area contributed by atoms with E-state index in [4.69, 9.17) is 10.4 Å². The van der Waals surface area contributed by atoms with E-state index in [0.29, 0.717) is 23.2 Å². The Hall–Kier alpha value is -4.23. The van der Waals surface area contributed by atoms with Gasteiger partial charge in [0.05, 0.1) is 23.8 Å².